The van der Waals surface area contributed by atoms with Crippen LogP contribution in [0.15, 0.2) is 18.2 Å². The molecule has 6 nitrogen and oxygen atoms in total. The Morgan fingerprint density at radius 1 is 1.19 bits per heavy atom. The van der Waals surface area contributed by atoms with Gasteiger partial charge in [0, 0.05) is 37.2 Å². The minimum atomic E-state index is 0.00497. The lowest BCUT2D eigenvalue weighted by Gasteiger charge is -2.28. The van der Waals surface area contributed by atoms with Crippen LogP contribution < -0.4 is 15.4 Å². The molecule has 0 aromatic heterocycles. The summed E-state index contributed by atoms with van der Waals surface area (Å²) in [5.41, 5.74) is 1.19. The third kappa shape index (κ3) is 4.10. The molecule has 1 aromatic rings. The summed E-state index contributed by atoms with van der Waals surface area (Å²) in [5, 5.41) is 6.60. The molecule has 2 bridgehead atoms. The summed E-state index contributed by atoms with van der Waals surface area (Å²) in [7, 11) is 1.58. The molecule has 1 aromatic carbocycles. The van der Waals surface area contributed by atoms with Crippen LogP contribution in [0.1, 0.15) is 55.3 Å². The summed E-state index contributed by atoms with van der Waals surface area (Å²) in [4.78, 5) is 27.2. The van der Waals surface area contributed by atoms with Gasteiger partial charge in [-0.2, -0.15) is 0 Å². The number of hydrogen-bond acceptors (Lipinski definition) is 4. The van der Waals surface area contributed by atoms with Crippen molar-refractivity contribution in [2.24, 2.45) is 5.92 Å². The van der Waals surface area contributed by atoms with Gasteiger partial charge < -0.3 is 20.3 Å². The third-order valence-electron chi connectivity index (χ3n) is 6.16. The fourth-order valence-corrected chi connectivity index (χ4v) is 4.85. The zero-order valence-electron chi connectivity index (χ0n) is 16.0. The summed E-state index contributed by atoms with van der Waals surface area (Å²) in [6, 6.07) is 6.46. The maximum absolute atomic E-state index is 12.6. The quantitative estimate of drug-likeness (QED) is 0.835. The average Bonchev–Trinajstić information content (AvgIpc) is 3.31. The fourth-order valence-electron chi connectivity index (χ4n) is 4.85. The first-order valence-electron chi connectivity index (χ1n) is 10.2. The van der Waals surface area contributed by atoms with Crippen LogP contribution in [-0.2, 0) is 4.79 Å². The Kier molecular flexibility index (Phi) is 5.34. The van der Waals surface area contributed by atoms with E-state index >= 15 is 0 Å². The van der Waals surface area contributed by atoms with E-state index in [1.54, 1.807) is 25.3 Å². The van der Waals surface area contributed by atoms with E-state index in [1.165, 1.54) is 12.8 Å². The summed E-state index contributed by atoms with van der Waals surface area (Å²) in [6.07, 6.45) is 7.27. The standard InChI is InChI=1S/C21H29N3O3/c1-27-19-7-4-15(21(26)24-8-2-3-9-24)13-18(19)23-20(25)12-14-10-16-5-6-17(11-14)22-16/h4,7,13-14,16-17,22H,2-3,5-6,8-12H2,1H3,(H,23,25). The molecular formula is C21H29N3O3. The van der Waals surface area contributed by atoms with Gasteiger partial charge >= 0.3 is 0 Å². The molecule has 2 N–H and O–H groups in total. The first-order valence-corrected chi connectivity index (χ1v) is 10.2. The summed E-state index contributed by atoms with van der Waals surface area (Å²) in [6.45, 7) is 1.62. The number of anilines is 1. The van der Waals surface area contributed by atoms with Crippen LogP contribution in [0.4, 0.5) is 5.69 Å². The highest BCUT2D eigenvalue weighted by molar-refractivity contribution is 5.98. The normalized spacial score (nSPS) is 26.9. The predicted octanol–water partition coefficient (Wildman–Crippen LogP) is 2.79. The van der Waals surface area contributed by atoms with Crippen LogP contribution >= 0.6 is 0 Å². The highest BCUT2D eigenvalue weighted by atomic mass is 16.5. The van der Waals surface area contributed by atoms with Crippen molar-refractivity contribution < 1.29 is 14.3 Å². The summed E-state index contributed by atoms with van der Waals surface area (Å²) < 4.78 is 5.39. The number of ether oxygens (including phenoxy) is 1. The number of carbonyl (C=O) groups excluding carboxylic acids is 2. The van der Waals surface area contributed by atoms with E-state index in [4.69, 9.17) is 4.74 Å². The molecule has 0 aliphatic carbocycles. The first kappa shape index (κ1) is 18.3. The van der Waals surface area contributed by atoms with Gasteiger partial charge in [-0.1, -0.05) is 0 Å². The van der Waals surface area contributed by atoms with E-state index in [2.05, 4.69) is 10.6 Å². The molecule has 0 radical (unpaired) electrons. The Balaban J connectivity index is 1.42. The van der Waals surface area contributed by atoms with Gasteiger partial charge in [-0.05, 0) is 62.6 Å². The van der Waals surface area contributed by atoms with E-state index in [1.807, 2.05) is 4.90 Å². The molecule has 0 spiro atoms. The first-order chi connectivity index (χ1) is 13.1. The Labute approximate surface area is 160 Å². The van der Waals surface area contributed by atoms with Gasteiger partial charge in [-0.15, -0.1) is 0 Å². The SMILES string of the molecule is COc1ccc(C(=O)N2CCCC2)cc1NC(=O)CC1CC2CCC(C1)N2. The number of rotatable bonds is 5. The molecule has 146 valence electrons. The number of likely N-dealkylation sites (tertiary alicyclic amines) is 1. The van der Waals surface area contributed by atoms with Crippen molar-refractivity contribution in [3.8, 4) is 5.75 Å². The van der Waals surface area contributed by atoms with E-state index in [9.17, 15) is 9.59 Å². The largest absolute Gasteiger partial charge is 0.495 e. The smallest absolute Gasteiger partial charge is 0.253 e. The predicted molar refractivity (Wildman–Crippen MR) is 104 cm³/mol. The number of amides is 2. The van der Waals surface area contributed by atoms with Gasteiger partial charge in [0.25, 0.3) is 5.91 Å². The highest BCUT2D eigenvalue weighted by Gasteiger charge is 2.34. The monoisotopic (exact) mass is 371 g/mol. The van der Waals surface area contributed by atoms with Gasteiger partial charge in [0.05, 0.1) is 12.8 Å². The maximum Gasteiger partial charge on any atom is 0.253 e. The molecule has 6 heteroatoms. The van der Waals surface area contributed by atoms with Crippen LogP contribution in [0.3, 0.4) is 0 Å². The number of benzene rings is 1. The second-order valence-electron chi connectivity index (χ2n) is 8.14. The van der Waals surface area contributed by atoms with Gasteiger partial charge in [0.1, 0.15) is 5.75 Å². The van der Waals surface area contributed by atoms with Gasteiger partial charge in [-0.25, -0.2) is 0 Å². The lowest BCUT2D eigenvalue weighted by atomic mass is 9.89. The molecule has 2 atom stereocenters. The van der Waals surface area contributed by atoms with E-state index in [0.717, 1.165) is 38.8 Å². The number of nitrogens with one attached hydrogen (secondary N) is 2. The number of piperidine rings is 1. The summed E-state index contributed by atoms with van der Waals surface area (Å²) in [5.74, 6) is 1.06. The molecular weight excluding hydrogens is 342 g/mol. The summed E-state index contributed by atoms with van der Waals surface area (Å²) >= 11 is 0. The number of carbonyl (C=O) groups is 2. The van der Waals surface area contributed by atoms with Crippen LogP contribution in [-0.4, -0.2) is 49.0 Å². The number of nitrogens with zero attached hydrogens (tertiary/aromatic N) is 1. The Bertz CT molecular complexity index is 703. The van der Waals surface area contributed by atoms with Crippen molar-refractivity contribution in [3.63, 3.8) is 0 Å². The Morgan fingerprint density at radius 2 is 1.89 bits per heavy atom. The maximum atomic E-state index is 12.6. The molecule has 3 saturated heterocycles. The topological polar surface area (TPSA) is 70.7 Å². The molecule has 3 aliphatic rings. The van der Waals surface area contributed by atoms with Crippen molar-refractivity contribution in [1.29, 1.82) is 0 Å². The van der Waals surface area contributed by atoms with Crippen LogP contribution in [0.25, 0.3) is 0 Å². The lowest BCUT2D eigenvalue weighted by molar-refractivity contribution is -0.117. The molecule has 2 amide bonds. The number of methoxy groups -OCH3 is 1. The molecule has 3 aliphatic heterocycles. The lowest BCUT2D eigenvalue weighted by Crippen LogP contribution is -2.39. The highest BCUT2D eigenvalue weighted by Crippen LogP contribution is 2.33. The molecule has 3 heterocycles. The fraction of sp³-hybridized carbons (Fsp3) is 0.619. The van der Waals surface area contributed by atoms with Crippen molar-refractivity contribution in [2.45, 2.75) is 57.0 Å². The van der Waals surface area contributed by atoms with Crippen molar-refractivity contribution in [3.05, 3.63) is 23.8 Å². The molecule has 2 unspecified atom stereocenters. The van der Waals surface area contributed by atoms with E-state index < -0.39 is 0 Å². The van der Waals surface area contributed by atoms with Gasteiger partial charge in [-0.3, -0.25) is 9.59 Å². The van der Waals surface area contributed by atoms with Crippen molar-refractivity contribution >= 4 is 17.5 Å². The zero-order valence-corrected chi connectivity index (χ0v) is 16.0. The molecule has 3 fully saturated rings. The third-order valence-corrected chi connectivity index (χ3v) is 6.16. The van der Waals surface area contributed by atoms with E-state index in [0.29, 0.717) is 41.4 Å². The molecule has 27 heavy (non-hydrogen) atoms. The second kappa shape index (κ2) is 7.89. The molecule has 4 rings (SSSR count). The zero-order chi connectivity index (χ0) is 18.8. The van der Waals surface area contributed by atoms with Gasteiger partial charge in [0.2, 0.25) is 5.91 Å². The number of hydrogen-bond donors (Lipinski definition) is 2. The van der Waals surface area contributed by atoms with Crippen molar-refractivity contribution in [1.82, 2.24) is 10.2 Å². The van der Waals surface area contributed by atoms with E-state index in [-0.39, 0.29) is 11.8 Å². The Hall–Kier alpha value is -2.08. The van der Waals surface area contributed by atoms with Gasteiger partial charge in [0.15, 0.2) is 0 Å². The second-order valence-corrected chi connectivity index (χ2v) is 8.14. The minimum Gasteiger partial charge on any atom is -0.495 e. The molecule has 0 saturated carbocycles. The number of fused-ring (bicyclic) bond motifs is 2. The van der Waals surface area contributed by atoms with Crippen molar-refractivity contribution in [2.75, 3.05) is 25.5 Å². The van der Waals surface area contributed by atoms with Crippen LogP contribution in [0.5, 0.6) is 5.75 Å². The Morgan fingerprint density at radius 3 is 2.56 bits per heavy atom. The van der Waals surface area contributed by atoms with Crippen LogP contribution in [0, 0.1) is 5.92 Å². The minimum absolute atomic E-state index is 0.00497. The average molecular weight is 371 g/mol. The van der Waals surface area contributed by atoms with Crippen LogP contribution in [0.2, 0.25) is 0 Å².